The van der Waals surface area contributed by atoms with Crippen molar-refractivity contribution in [1.29, 1.82) is 0 Å². The Hall–Kier alpha value is -0.870. The maximum absolute atomic E-state index is 12.9. The van der Waals surface area contributed by atoms with E-state index >= 15 is 0 Å². The highest BCUT2D eigenvalue weighted by molar-refractivity contribution is 7.11. The van der Waals surface area contributed by atoms with Crippen LogP contribution in [0.1, 0.15) is 54.7 Å². The molecule has 0 radical (unpaired) electrons. The van der Waals surface area contributed by atoms with Crippen molar-refractivity contribution < 1.29 is 4.79 Å². The van der Waals surface area contributed by atoms with Gasteiger partial charge in [-0.3, -0.25) is 9.69 Å². The van der Waals surface area contributed by atoms with E-state index in [2.05, 4.69) is 24.0 Å². The van der Waals surface area contributed by atoms with E-state index in [1.54, 1.807) is 0 Å². The second kappa shape index (κ2) is 7.80. The summed E-state index contributed by atoms with van der Waals surface area (Å²) in [6, 6.07) is 4.94. The molecular formula is C19H30N2OS. The molecule has 2 aliphatic rings. The highest BCUT2D eigenvalue weighted by atomic mass is 32.1. The summed E-state index contributed by atoms with van der Waals surface area (Å²) in [5, 5.41) is 0. The lowest BCUT2D eigenvalue weighted by Crippen LogP contribution is -2.44. The molecule has 1 saturated carbocycles. The lowest BCUT2D eigenvalue weighted by molar-refractivity contribution is -0.136. The number of nitrogens with zero attached hydrogens (tertiary/aromatic N) is 2. The maximum atomic E-state index is 12.9. The second-order valence-electron chi connectivity index (χ2n) is 7.26. The molecule has 0 unspecified atom stereocenters. The normalized spacial score (nSPS) is 27.7. The van der Waals surface area contributed by atoms with Crippen LogP contribution in [0, 0.1) is 12.8 Å². The van der Waals surface area contributed by atoms with Crippen LogP contribution in [-0.2, 0) is 11.3 Å². The van der Waals surface area contributed by atoms with E-state index in [1.165, 1.54) is 41.9 Å². The van der Waals surface area contributed by atoms with E-state index in [4.69, 9.17) is 0 Å². The fraction of sp³-hybridized carbons (Fsp3) is 0.737. The molecule has 2 fully saturated rings. The fourth-order valence-electron chi connectivity index (χ4n) is 4.21. The van der Waals surface area contributed by atoms with Crippen LogP contribution >= 0.6 is 11.3 Å². The fourth-order valence-corrected chi connectivity index (χ4v) is 5.12. The predicted octanol–water partition coefficient (Wildman–Crippen LogP) is 4.06. The van der Waals surface area contributed by atoms with Crippen LogP contribution in [0.5, 0.6) is 0 Å². The Bertz CT molecular complexity index is 527. The molecule has 4 heteroatoms. The van der Waals surface area contributed by atoms with E-state index in [1.807, 2.05) is 23.3 Å². The summed E-state index contributed by atoms with van der Waals surface area (Å²) in [6.07, 6.45) is 8.44. The Kier molecular flexibility index (Phi) is 5.76. The molecule has 1 aromatic rings. The summed E-state index contributed by atoms with van der Waals surface area (Å²) in [4.78, 5) is 20.3. The number of rotatable bonds is 2. The summed E-state index contributed by atoms with van der Waals surface area (Å²) >= 11 is 1.91. The predicted molar refractivity (Wildman–Crippen MR) is 96.7 cm³/mol. The van der Waals surface area contributed by atoms with Crippen LogP contribution in [0.2, 0.25) is 0 Å². The first-order valence-corrected chi connectivity index (χ1v) is 10.0. The molecule has 1 aromatic heterocycles. The second-order valence-corrected chi connectivity index (χ2v) is 8.63. The van der Waals surface area contributed by atoms with E-state index in [9.17, 15) is 4.79 Å². The Balaban J connectivity index is 1.78. The molecule has 1 amide bonds. The van der Waals surface area contributed by atoms with Crippen LogP contribution in [-0.4, -0.2) is 41.9 Å². The third-order valence-electron chi connectivity index (χ3n) is 5.49. The van der Waals surface area contributed by atoms with Gasteiger partial charge in [-0.05, 0) is 51.3 Å². The number of hydrogen-bond donors (Lipinski definition) is 0. The van der Waals surface area contributed by atoms with Crippen LogP contribution < -0.4 is 0 Å². The SMILES string of the molecule is Cc1ccc(CN2CCCCCCN(C)C(=O)[C@@H]3CCC[C@@H]32)s1. The summed E-state index contributed by atoms with van der Waals surface area (Å²) in [5.74, 6) is 0.612. The molecule has 0 spiro atoms. The zero-order valence-electron chi connectivity index (χ0n) is 14.6. The van der Waals surface area contributed by atoms with Crippen molar-refractivity contribution in [2.24, 2.45) is 5.92 Å². The summed E-state index contributed by atoms with van der Waals surface area (Å²) in [7, 11) is 2.00. The number of aryl methyl sites for hydroxylation is 1. The van der Waals surface area contributed by atoms with Gasteiger partial charge in [0.15, 0.2) is 0 Å². The zero-order valence-corrected chi connectivity index (χ0v) is 15.4. The molecule has 0 aromatic carbocycles. The van der Waals surface area contributed by atoms with Crippen molar-refractivity contribution in [3.63, 3.8) is 0 Å². The number of hydrogen-bond acceptors (Lipinski definition) is 3. The minimum Gasteiger partial charge on any atom is -0.345 e. The monoisotopic (exact) mass is 334 g/mol. The highest BCUT2D eigenvalue weighted by Gasteiger charge is 2.38. The summed E-state index contributed by atoms with van der Waals surface area (Å²) in [5.41, 5.74) is 0. The first kappa shape index (κ1) is 17.0. The zero-order chi connectivity index (χ0) is 16.2. The largest absolute Gasteiger partial charge is 0.345 e. The average molecular weight is 335 g/mol. The van der Waals surface area contributed by atoms with E-state index in [0.29, 0.717) is 11.9 Å². The van der Waals surface area contributed by atoms with Gasteiger partial charge < -0.3 is 4.90 Å². The van der Waals surface area contributed by atoms with Gasteiger partial charge in [-0.15, -0.1) is 11.3 Å². The van der Waals surface area contributed by atoms with Crippen molar-refractivity contribution in [2.45, 2.75) is 64.5 Å². The Morgan fingerprint density at radius 2 is 1.87 bits per heavy atom. The van der Waals surface area contributed by atoms with Crippen molar-refractivity contribution >= 4 is 17.2 Å². The summed E-state index contributed by atoms with van der Waals surface area (Å²) < 4.78 is 0. The number of thiophene rings is 1. The highest BCUT2D eigenvalue weighted by Crippen LogP contribution is 2.33. The molecule has 2 atom stereocenters. The Morgan fingerprint density at radius 3 is 2.61 bits per heavy atom. The maximum Gasteiger partial charge on any atom is 0.227 e. The van der Waals surface area contributed by atoms with Gasteiger partial charge in [-0.2, -0.15) is 0 Å². The van der Waals surface area contributed by atoms with Gasteiger partial charge in [0.25, 0.3) is 0 Å². The molecule has 3 nitrogen and oxygen atoms in total. The first-order chi connectivity index (χ1) is 11.1. The topological polar surface area (TPSA) is 23.6 Å². The minimum absolute atomic E-state index is 0.221. The molecule has 2 heterocycles. The molecule has 0 bridgehead atoms. The molecule has 3 rings (SSSR count). The van der Waals surface area contributed by atoms with Gasteiger partial charge in [-0.25, -0.2) is 0 Å². The minimum atomic E-state index is 0.221. The number of fused-ring (bicyclic) bond motifs is 1. The van der Waals surface area contributed by atoms with Gasteiger partial charge >= 0.3 is 0 Å². The molecule has 23 heavy (non-hydrogen) atoms. The van der Waals surface area contributed by atoms with Gasteiger partial charge in [-0.1, -0.05) is 19.3 Å². The van der Waals surface area contributed by atoms with Crippen LogP contribution in [0.25, 0.3) is 0 Å². The lowest BCUT2D eigenvalue weighted by Gasteiger charge is -2.33. The molecule has 128 valence electrons. The molecular weight excluding hydrogens is 304 g/mol. The third kappa shape index (κ3) is 4.16. The van der Waals surface area contributed by atoms with E-state index in [-0.39, 0.29) is 5.92 Å². The smallest absolute Gasteiger partial charge is 0.227 e. The number of amides is 1. The standard InChI is InChI=1S/C19H30N2OS/c1-15-10-11-16(23-15)14-21-13-6-4-3-5-12-20(2)19(22)17-8-7-9-18(17)21/h10-11,17-18H,3-9,12-14H2,1-2H3/t17-,18+/m1/s1. The van der Waals surface area contributed by atoms with Crippen molar-refractivity contribution in [3.8, 4) is 0 Å². The first-order valence-electron chi connectivity index (χ1n) is 9.19. The van der Waals surface area contributed by atoms with Crippen LogP contribution in [0.3, 0.4) is 0 Å². The number of carbonyl (C=O) groups is 1. The quantitative estimate of drug-likeness (QED) is 0.814. The van der Waals surface area contributed by atoms with Gasteiger partial charge in [0.2, 0.25) is 5.91 Å². The van der Waals surface area contributed by atoms with Crippen LogP contribution in [0.4, 0.5) is 0 Å². The van der Waals surface area contributed by atoms with Crippen molar-refractivity contribution in [3.05, 3.63) is 21.9 Å². The Labute approximate surface area is 144 Å². The number of carbonyl (C=O) groups excluding carboxylic acids is 1. The van der Waals surface area contributed by atoms with Gasteiger partial charge in [0.05, 0.1) is 5.92 Å². The molecule has 0 N–H and O–H groups in total. The van der Waals surface area contributed by atoms with Crippen molar-refractivity contribution in [2.75, 3.05) is 20.1 Å². The summed E-state index contributed by atoms with van der Waals surface area (Å²) in [6.45, 7) is 5.29. The van der Waals surface area contributed by atoms with E-state index < -0.39 is 0 Å². The van der Waals surface area contributed by atoms with Crippen LogP contribution in [0.15, 0.2) is 12.1 Å². The van der Waals surface area contributed by atoms with Gasteiger partial charge in [0.1, 0.15) is 0 Å². The Morgan fingerprint density at radius 1 is 1.09 bits per heavy atom. The lowest BCUT2D eigenvalue weighted by atomic mass is 10.00. The van der Waals surface area contributed by atoms with Gasteiger partial charge in [0, 0.05) is 35.9 Å². The average Bonchev–Trinajstić information content (AvgIpc) is 3.16. The van der Waals surface area contributed by atoms with Crippen molar-refractivity contribution in [1.82, 2.24) is 9.80 Å². The molecule has 1 saturated heterocycles. The van der Waals surface area contributed by atoms with E-state index in [0.717, 1.165) is 32.5 Å². The molecule has 1 aliphatic heterocycles. The molecule has 1 aliphatic carbocycles. The third-order valence-corrected chi connectivity index (χ3v) is 6.47.